The van der Waals surface area contributed by atoms with Crippen LogP contribution < -0.4 is 5.32 Å². The van der Waals surface area contributed by atoms with Gasteiger partial charge in [0.1, 0.15) is 0 Å². The minimum absolute atomic E-state index is 0. The first-order valence-corrected chi connectivity index (χ1v) is 10.8. The standard InChI is InChI=1S/C22H32N6O.2ClH/c1-17-10-13-26(14-15-27(17)16-19-6-4-3-5-7-19)22(29)21-18(2)28(25-24-21)20-8-11-23-12-9-20;;/h3-7,17,20,23H,8-16H2,1-2H3;2*1H. The summed E-state index contributed by atoms with van der Waals surface area (Å²) in [5, 5.41) is 12.0. The Labute approximate surface area is 197 Å². The highest BCUT2D eigenvalue weighted by atomic mass is 35.5. The number of carbonyl (C=O) groups is 1. The van der Waals surface area contributed by atoms with Crippen molar-refractivity contribution in [2.24, 2.45) is 0 Å². The zero-order chi connectivity index (χ0) is 20.2. The number of carbonyl (C=O) groups excluding carboxylic acids is 1. The number of hydrogen-bond donors (Lipinski definition) is 1. The molecule has 0 spiro atoms. The van der Waals surface area contributed by atoms with Crippen molar-refractivity contribution in [1.82, 2.24) is 30.1 Å². The molecule has 2 fully saturated rings. The minimum Gasteiger partial charge on any atom is -0.336 e. The second-order valence-electron chi connectivity index (χ2n) is 8.34. The Morgan fingerprint density at radius 2 is 1.77 bits per heavy atom. The lowest BCUT2D eigenvalue weighted by atomic mass is 10.1. The Hall–Kier alpha value is -1.67. The van der Waals surface area contributed by atoms with E-state index in [1.807, 2.05) is 16.5 Å². The lowest BCUT2D eigenvalue weighted by Crippen LogP contribution is -2.36. The quantitative estimate of drug-likeness (QED) is 0.746. The van der Waals surface area contributed by atoms with Crippen molar-refractivity contribution in [3.63, 3.8) is 0 Å². The molecule has 0 saturated carbocycles. The van der Waals surface area contributed by atoms with Crippen LogP contribution in [0.1, 0.15) is 54.0 Å². The molecule has 1 N–H and O–H groups in total. The van der Waals surface area contributed by atoms with E-state index in [9.17, 15) is 4.79 Å². The van der Waals surface area contributed by atoms with Gasteiger partial charge in [0.25, 0.3) is 5.91 Å². The van der Waals surface area contributed by atoms with E-state index in [-0.39, 0.29) is 30.7 Å². The van der Waals surface area contributed by atoms with Crippen LogP contribution in [0.4, 0.5) is 0 Å². The number of hydrogen-bond acceptors (Lipinski definition) is 5. The Bertz CT molecular complexity index is 825. The molecular weight excluding hydrogens is 435 g/mol. The molecule has 2 aliphatic heterocycles. The van der Waals surface area contributed by atoms with Crippen LogP contribution in [-0.2, 0) is 6.54 Å². The maximum atomic E-state index is 13.2. The number of nitrogens with one attached hydrogen (secondary N) is 1. The third-order valence-electron chi connectivity index (χ3n) is 6.40. The first kappa shape index (κ1) is 25.6. The topological polar surface area (TPSA) is 66.3 Å². The van der Waals surface area contributed by atoms with E-state index in [4.69, 9.17) is 0 Å². The molecule has 2 saturated heterocycles. The molecule has 1 aromatic carbocycles. The lowest BCUT2D eigenvalue weighted by Gasteiger charge is -2.26. The maximum Gasteiger partial charge on any atom is 0.276 e. The van der Waals surface area contributed by atoms with Gasteiger partial charge >= 0.3 is 0 Å². The second-order valence-corrected chi connectivity index (χ2v) is 8.34. The molecule has 0 bridgehead atoms. The molecular formula is C22H34Cl2N6O. The average molecular weight is 469 g/mol. The summed E-state index contributed by atoms with van der Waals surface area (Å²) in [6.07, 6.45) is 3.04. The molecule has 172 valence electrons. The van der Waals surface area contributed by atoms with Gasteiger partial charge in [0.2, 0.25) is 0 Å². The highest BCUT2D eigenvalue weighted by Crippen LogP contribution is 2.22. The van der Waals surface area contributed by atoms with Crippen molar-refractivity contribution < 1.29 is 4.79 Å². The monoisotopic (exact) mass is 468 g/mol. The third kappa shape index (κ3) is 5.98. The van der Waals surface area contributed by atoms with Crippen LogP contribution in [-0.4, -0.2) is 69.5 Å². The van der Waals surface area contributed by atoms with E-state index in [1.54, 1.807) is 0 Å². The first-order valence-electron chi connectivity index (χ1n) is 10.8. The van der Waals surface area contributed by atoms with Crippen LogP contribution in [0.15, 0.2) is 30.3 Å². The summed E-state index contributed by atoms with van der Waals surface area (Å²) in [7, 11) is 0. The average Bonchev–Trinajstić information content (AvgIpc) is 3.05. The fourth-order valence-electron chi connectivity index (χ4n) is 4.45. The highest BCUT2D eigenvalue weighted by molar-refractivity contribution is 5.93. The van der Waals surface area contributed by atoms with Crippen LogP contribution in [0.25, 0.3) is 0 Å². The summed E-state index contributed by atoms with van der Waals surface area (Å²) in [5.41, 5.74) is 2.74. The van der Waals surface area contributed by atoms with Gasteiger partial charge in [-0.15, -0.1) is 29.9 Å². The molecule has 2 aromatic rings. The molecule has 7 nitrogen and oxygen atoms in total. The van der Waals surface area contributed by atoms with Gasteiger partial charge in [0.15, 0.2) is 5.69 Å². The van der Waals surface area contributed by atoms with E-state index in [1.165, 1.54) is 5.56 Å². The predicted molar refractivity (Wildman–Crippen MR) is 127 cm³/mol. The predicted octanol–water partition coefficient (Wildman–Crippen LogP) is 3.09. The van der Waals surface area contributed by atoms with E-state index >= 15 is 0 Å². The van der Waals surface area contributed by atoms with Crippen LogP contribution in [0, 0.1) is 6.92 Å². The van der Waals surface area contributed by atoms with Crippen LogP contribution >= 0.6 is 24.8 Å². The summed E-state index contributed by atoms with van der Waals surface area (Å²) >= 11 is 0. The number of rotatable bonds is 4. The highest BCUT2D eigenvalue weighted by Gasteiger charge is 2.29. The van der Waals surface area contributed by atoms with Crippen LogP contribution in [0.5, 0.6) is 0 Å². The summed E-state index contributed by atoms with van der Waals surface area (Å²) in [4.78, 5) is 17.7. The molecule has 3 heterocycles. The van der Waals surface area contributed by atoms with E-state index in [0.717, 1.165) is 64.2 Å². The number of amides is 1. The zero-order valence-corrected chi connectivity index (χ0v) is 20.0. The Morgan fingerprint density at radius 1 is 1.06 bits per heavy atom. The molecule has 4 rings (SSSR count). The minimum atomic E-state index is 0. The summed E-state index contributed by atoms with van der Waals surface area (Å²) in [6.45, 7) is 9.54. The molecule has 0 radical (unpaired) electrons. The van der Waals surface area contributed by atoms with Crippen molar-refractivity contribution >= 4 is 30.7 Å². The van der Waals surface area contributed by atoms with Crippen molar-refractivity contribution in [1.29, 1.82) is 0 Å². The second kappa shape index (κ2) is 11.8. The van der Waals surface area contributed by atoms with Gasteiger partial charge in [0.05, 0.1) is 11.7 Å². The normalized spacial score (nSPS) is 20.5. The van der Waals surface area contributed by atoms with Gasteiger partial charge in [-0.3, -0.25) is 9.69 Å². The van der Waals surface area contributed by atoms with Gasteiger partial charge in [-0.1, -0.05) is 35.5 Å². The lowest BCUT2D eigenvalue weighted by molar-refractivity contribution is 0.0754. The fraction of sp³-hybridized carbons (Fsp3) is 0.591. The molecule has 9 heteroatoms. The molecule has 1 amide bonds. The third-order valence-corrected chi connectivity index (χ3v) is 6.40. The van der Waals surface area contributed by atoms with Crippen molar-refractivity contribution in [3.8, 4) is 0 Å². The van der Waals surface area contributed by atoms with Crippen LogP contribution in [0.3, 0.4) is 0 Å². The van der Waals surface area contributed by atoms with Gasteiger partial charge < -0.3 is 10.2 Å². The Balaban J connectivity index is 0.00000171. The van der Waals surface area contributed by atoms with E-state index < -0.39 is 0 Å². The molecule has 1 unspecified atom stereocenters. The number of nitrogens with zero attached hydrogens (tertiary/aromatic N) is 5. The van der Waals surface area contributed by atoms with Gasteiger partial charge in [-0.05, 0) is 51.8 Å². The Kier molecular flexibility index (Phi) is 9.75. The smallest absolute Gasteiger partial charge is 0.276 e. The van der Waals surface area contributed by atoms with Crippen molar-refractivity contribution in [3.05, 3.63) is 47.3 Å². The summed E-state index contributed by atoms with van der Waals surface area (Å²) < 4.78 is 1.97. The molecule has 2 aliphatic rings. The van der Waals surface area contributed by atoms with Gasteiger partial charge in [-0.2, -0.15) is 0 Å². The number of benzene rings is 1. The largest absolute Gasteiger partial charge is 0.336 e. The maximum absolute atomic E-state index is 13.2. The van der Waals surface area contributed by atoms with Crippen molar-refractivity contribution in [2.45, 2.75) is 51.7 Å². The van der Waals surface area contributed by atoms with Gasteiger partial charge in [0, 0.05) is 32.2 Å². The zero-order valence-electron chi connectivity index (χ0n) is 18.4. The number of piperidine rings is 1. The van der Waals surface area contributed by atoms with Gasteiger partial charge in [-0.25, -0.2) is 4.68 Å². The first-order chi connectivity index (χ1) is 14.1. The Morgan fingerprint density at radius 3 is 2.48 bits per heavy atom. The van der Waals surface area contributed by atoms with E-state index in [0.29, 0.717) is 17.8 Å². The molecule has 31 heavy (non-hydrogen) atoms. The summed E-state index contributed by atoms with van der Waals surface area (Å²) in [6, 6.07) is 11.3. The van der Waals surface area contributed by atoms with Crippen LogP contribution in [0.2, 0.25) is 0 Å². The van der Waals surface area contributed by atoms with E-state index in [2.05, 4.69) is 57.8 Å². The summed E-state index contributed by atoms with van der Waals surface area (Å²) in [5.74, 6) is 0.0245. The molecule has 1 atom stereocenters. The molecule has 0 aliphatic carbocycles. The number of halogens is 2. The molecule has 1 aromatic heterocycles. The fourth-order valence-corrected chi connectivity index (χ4v) is 4.45. The van der Waals surface area contributed by atoms with Crippen molar-refractivity contribution in [2.75, 3.05) is 32.7 Å². The number of aromatic nitrogens is 3. The SMILES string of the molecule is Cc1c(C(=O)N2CCC(C)N(Cc3ccccc3)CC2)nnn1C1CCNCC1.Cl.Cl.